The van der Waals surface area contributed by atoms with E-state index in [1.165, 1.54) is 32.1 Å². The van der Waals surface area contributed by atoms with Gasteiger partial charge in [0.05, 0.1) is 11.7 Å². The second-order valence-corrected chi connectivity index (χ2v) is 7.23. The Kier molecular flexibility index (Phi) is 1.55. The van der Waals surface area contributed by atoms with E-state index in [1.807, 2.05) is 0 Å². The van der Waals surface area contributed by atoms with E-state index in [1.54, 1.807) is 0 Å². The van der Waals surface area contributed by atoms with Crippen LogP contribution in [-0.4, -0.2) is 23.4 Å². The van der Waals surface area contributed by atoms with Gasteiger partial charge in [-0.05, 0) is 57.3 Å². The lowest BCUT2D eigenvalue weighted by Crippen LogP contribution is -2.55. The van der Waals surface area contributed by atoms with Crippen LogP contribution in [0.1, 0.15) is 52.9 Å². The van der Waals surface area contributed by atoms with Crippen molar-refractivity contribution in [3.63, 3.8) is 0 Å². The van der Waals surface area contributed by atoms with Crippen LogP contribution >= 0.6 is 0 Å². The lowest BCUT2D eigenvalue weighted by Gasteiger charge is -2.50. The van der Waals surface area contributed by atoms with Crippen molar-refractivity contribution in [3.05, 3.63) is 0 Å². The molecule has 2 heterocycles. The van der Waals surface area contributed by atoms with Gasteiger partial charge in [-0.15, -0.1) is 0 Å². The number of rotatable bonds is 0. The fourth-order valence-corrected chi connectivity index (χ4v) is 4.82. The minimum atomic E-state index is 0.0718. The zero-order valence-electron chi connectivity index (χ0n) is 10.6. The number of hydrogen-bond donors (Lipinski definition) is 0. The average molecular weight is 222 g/mol. The second kappa shape index (κ2) is 2.51. The van der Waals surface area contributed by atoms with Gasteiger partial charge >= 0.3 is 0 Å². The Morgan fingerprint density at radius 3 is 2.62 bits per heavy atom. The predicted octanol–water partition coefficient (Wildman–Crippen LogP) is 2.90. The van der Waals surface area contributed by atoms with Crippen molar-refractivity contribution in [1.82, 2.24) is 0 Å². The van der Waals surface area contributed by atoms with Crippen LogP contribution in [0.2, 0.25) is 0 Å². The van der Waals surface area contributed by atoms with E-state index >= 15 is 0 Å². The van der Waals surface area contributed by atoms with Crippen LogP contribution in [0.5, 0.6) is 0 Å². The Morgan fingerprint density at radius 2 is 1.81 bits per heavy atom. The molecule has 0 radical (unpaired) electrons. The average Bonchev–Trinajstić information content (AvgIpc) is 2.94. The Labute approximate surface area is 97.7 Å². The van der Waals surface area contributed by atoms with E-state index in [4.69, 9.17) is 9.47 Å². The van der Waals surface area contributed by atoms with Crippen LogP contribution in [0.3, 0.4) is 0 Å². The van der Waals surface area contributed by atoms with Crippen molar-refractivity contribution in [2.45, 2.75) is 76.3 Å². The van der Waals surface area contributed by atoms with Gasteiger partial charge in [-0.1, -0.05) is 6.92 Å². The molecule has 0 amide bonds. The smallest absolute Gasteiger partial charge is 0.114 e. The molecule has 5 atom stereocenters. The highest BCUT2D eigenvalue weighted by atomic mass is 16.6. The van der Waals surface area contributed by atoms with Crippen molar-refractivity contribution >= 4 is 0 Å². The van der Waals surface area contributed by atoms with E-state index in [9.17, 15) is 0 Å². The van der Waals surface area contributed by atoms with Gasteiger partial charge in [0, 0.05) is 0 Å². The van der Waals surface area contributed by atoms with E-state index in [2.05, 4.69) is 20.8 Å². The Hall–Kier alpha value is -0.0800. The summed E-state index contributed by atoms with van der Waals surface area (Å²) >= 11 is 0. The lowest BCUT2D eigenvalue weighted by molar-refractivity contribution is -0.166. The Morgan fingerprint density at radius 1 is 1.06 bits per heavy atom. The lowest BCUT2D eigenvalue weighted by atomic mass is 9.56. The summed E-state index contributed by atoms with van der Waals surface area (Å²) < 4.78 is 12.5. The van der Waals surface area contributed by atoms with Crippen LogP contribution in [0, 0.1) is 11.3 Å². The first kappa shape index (κ1) is 9.90. The Balaban J connectivity index is 1.81. The third-order valence-electron chi connectivity index (χ3n) is 6.07. The molecular formula is C14H22O2. The maximum Gasteiger partial charge on any atom is 0.114 e. The second-order valence-electron chi connectivity index (χ2n) is 7.23. The highest BCUT2D eigenvalue weighted by Crippen LogP contribution is 2.67. The van der Waals surface area contributed by atoms with Crippen molar-refractivity contribution in [2.24, 2.45) is 11.3 Å². The van der Waals surface area contributed by atoms with Gasteiger partial charge in [-0.3, -0.25) is 0 Å². The molecule has 0 aromatic carbocycles. The first-order chi connectivity index (χ1) is 7.47. The molecule has 2 bridgehead atoms. The molecule has 4 fully saturated rings. The van der Waals surface area contributed by atoms with Crippen molar-refractivity contribution in [3.8, 4) is 0 Å². The number of epoxide rings is 1. The molecule has 0 aromatic rings. The van der Waals surface area contributed by atoms with Crippen molar-refractivity contribution in [2.75, 3.05) is 0 Å². The summed E-state index contributed by atoms with van der Waals surface area (Å²) in [5.41, 5.74) is 0.531. The maximum absolute atomic E-state index is 6.60. The van der Waals surface area contributed by atoms with E-state index in [-0.39, 0.29) is 11.2 Å². The molecule has 0 N–H and O–H groups in total. The first-order valence-electron chi connectivity index (χ1n) is 6.83. The third-order valence-corrected chi connectivity index (χ3v) is 6.07. The van der Waals surface area contributed by atoms with Gasteiger partial charge in [-0.2, -0.15) is 0 Å². The maximum atomic E-state index is 6.60. The summed E-state index contributed by atoms with van der Waals surface area (Å²) in [4.78, 5) is 0. The topological polar surface area (TPSA) is 21.8 Å². The van der Waals surface area contributed by atoms with Gasteiger partial charge in [0.1, 0.15) is 11.7 Å². The summed E-state index contributed by atoms with van der Waals surface area (Å²) in [7, 11) is 0. The minimum Gasteiger partial charge on any atom is -0.366 e. The molecule has 2 nitrogen and oxygen atoms in total. The largest absolute Gasteiger partial charge is 0.366 e. The SMILES string of the molecule is CC1(C)O[C@@]23C[C@H]1CC[C@@]2(C)CC[C@@H]1O[C@@H]13. The van der Waals surface area contributed by atoms with E-state index in [0.29, 0.717) is 17.6 Å². The predicted molar refractivity (Wildman–Crippen MR) is 61.2 cm³/mol. The van der Waals surface area contributed by atoms with Gasteiger partial charge < -0.3 is 9.47 Å². The zero-order chi connectivity index (χ0) is 11.2. The number of ether oxygens (including phenoxy) is 2. The van der Waals surface area contributed by atoms with E-state index in [0.717, 1.165) is 5.92 Å². The van der Waals surface area contributed by atoms with Crippen LogP contribution in [0.15, 0.2) is 0 Å². The van der Waals surface area contributed by atoms with Crippen molar-refractivity contribution < 1.29 is 9.47 Å². The summed E-state index contributed by atoms with van der Waals surface area (Å²) in [6.45, 7) is 7.01. The molecule has 4 aliphatic rings. The van der Waals surface area contributed by atoms with Gasteiger partial charge in [0.15, 0.2) is 0 Å². The standard InChI is InChI=1S/C14H22O2/c1-12(2)9-4-6-13(3)7-5-10-11(15-10)14(13,8-9)16-12/h9-11H,4-8H2,1-3H3/t9-,10+,11+,13+,14-/m1/s1. The van der Waals surface area contributed by atoms with Crippen LogP contribution in [0.25, 0.3) is 0 Å². The van der Waals surface area contributed by atoms with Crippen LogP contribution in [-0.2, 0) is 9.47 Å². The summed E-state index contributed by atoms with van der Waals surface area (Å²) in [6.07, 6.45) is 7.46. The molecule has 90 valence electrons. The molecule has 2 saturated heterocycles. The van der Waals surface area contributed by atoms with Crippen LogP contribution < -0.4 is 0 Å². The number of hydrogen-bond acceptors (Lipinski definition) is 2. The number of fused-ring (bicyclic) bond motifs is 2. The Bertz CT molecular complexity index is 351. The molecule has 1 spiro atoms. The fourth-order valence-electron chi connectivity index (χ4n) is 4.82. The monoisotopic (exact) mass is 222 g/mol. The highest BCUT2D eigenvalue weighted by molar-refractivity contribution is 5.21. The summed E-state index contributed by atoms with van der Waals surface area (Å²) in [5.74, 6) is 0.753. The highest BCUT2D eigenvalue weighted by Gasteiger charge is 2.73. The fraction of sp³-hybridized carbons (Fsp3) is 1.00. The molecule has 2 aliphatic carbocycles. The normalized spacial score (nSPS) is 61.3. The molecular weight excluding hydrogens is 200 g/mol. The molecule has 4 rings (SSSR count). The molecule has 16 heavy (non-hydrogen) atoms. The summed E-state index contributed by atoms with van der Waals surface area (Å²) in [6, 6.07) is 0. The third kappa shape index (κ3) is 0.932. The summed E-state index contributed by atoms with van der Waals surface area (Å²) in [5, 5.41) is 0. The molecule has 2 aliphatic heterocycles. The zero-order valence-corrected chi connectivity index (χ0v) is 10.6. The van der Waals surface area contributed by atoms with Gasteiger partial charge in [-0.25, -0.2) is 0 Å². The molecule has 0 aromatic heterocycles. The van der Waals surface area contributed by atoms with E-state index < -0.39 is 0 Å². The molecule has 0 unspecified atom stereocenters. The molecule has 2 heteroatoms. The molecule has 2 saturated carbocycles. The van der Waals surface area contributed by atoms with Gasteiger partial charge in [0.2, 0.25) is 0 Å². The van der Waals surface area contributed by atoms with Crippen molar-refractivity contribution in [1.29, 1.82) is 0 Å². The van der Waals surface area contributed by atoms with Crippen LogP contribution in [0.4, 0.5) is 0 Å². The minimum absolute atomic E-state index is 0.0718. The van der Waals surface area contributed by atoms with Gasteiger partial charge in [0.25, 0.3) is 0 Å². The first-order valence-corrected chi connectivity index (χ1v) is 6.83. The quantitative estimate of drug-likeness (QED) is 0.588.